The van der Waals surface area contributed by atoms with Gasteiger partial charge in [-0.2, -0.15) is 9.97 Å². The number of ether oxygens (including phenoxy) is 1. The van der Waals surface area contributed by atoms with Crippen molar-refractivity contribution < 1.29 is 4.74 Å². The van der Waals surface area contributed by atoms with Gasteiger partial charge in [-0.1, -0.05) is 0 Å². The molecule has 0 bridgehead atoms. The highest BCUT2D eigenvalue weighted by Crippen LogP contribution is 2.24. The van der Waals surface area contributed by atoms with E-state index in [1.54, 1.807) is 0 Å². The van der Waals surface area contributed by atoms with Crippen molar-refractivity contribution in [2.45, 2.75) is 0 Å². The summed E-state index contributed by atoms with van der Waals surface area (Å²) < 4.78 is 4.69. The minimum Gasteiger partial charge on any atom is -0.467 e. The largest absolute Gasteiger partial charge is 0.467 e. The van der Waals surface area contributed by atoms with Crippen molar-refractivity contribution in [1.82, 2.24) is 15.0 Å². The molecule has 0 saturated heterocycles. The lowest BCUT2D eigenvalue weighted by molar-refractivity contribution is 0.384. The molecule has 0 aromatic heterocycles. The van der Waals surface area contributed by atoms with Crippen molar-refractivity contribution in [2.75, 3.05) is 7.11 Å². The Labute approximate surface area is 45.6 Å². The molecule has 0 radical (unpaired) electrons. The van der Waals surface area contributed by atoms with E-state index in [1.807, 2.05) is 0 Å². The number of imidazole rings is 1. The van der Waals surface area contributed by atoms with Crippen LogP contribution in [0.2, 0.25) is 0 Å². The Morgan fingerprint density at radius 3 is 2.12 bits per heavy atom. The molecule has 4 nitrogen and oxygen atoms in total. The molecule has 2 aliphatic heterocycles. The maximum atomic E-state index is 4.69. The van der Waals surface area contributed by atoms with Gasteiger partial charge in [0.2, 0.25) is 11.6 Å². The van der Waals surface area contributed by atoms with Crippen LogP contribution in [0.15, 0.2) is 0 Å². The van der Waals surface area contributed by atoms with Crippen LogP contribution in [0.25, 0.3) is 11.6 Å². The van der Waals surface area contributed by atoms with E-state index in [0.29, 0.717) is 6.01 Å². The van der Waals surface area contributed by atoms with E-state index in [4.69, 9.17) is 4.74 Å². The SMILES string of the molecule is COc1nc2nc-2n1. The molecular weight excluding hydrogens is 106 g/mol. The summed E-state index contributed by atoms with van der Waals surface area (Å²) in [6.45, 7) is 0. The number of aromatic nitrogens is 3. The first-order valence-corrected chi connectivity index (χ1v) is 2.20. The highest BCUT2D eigenvalue weighted by Gasteiger charge is 2.22. The van der Waals surface area contributed by atoms with E-state index in [2.05, 4.69) is 15.0 Å². The Bertz CT molecular complexity index is 214. The molecular formula is C4H3N3O. The zero-order valence-corrected chi connectivity index (χ0v) is 4.25. The molecule has 0 aliphatic carbocycles. The summed E-state index contributed by atoms with van der Waals surface area (Å²) in [6, 6.07) is 0.421. The molecule has 0 unspecified atom stereocenters. The van der Waals surface area contributed by atoms with Crippen LogP contribution in [0.1, 0.15) is 0 Å². The van der Waals surface area contributed by atoms with Gasteiger partial charge < -0.3 is 4.74 Å². The van der Waals surface area contributed by atoms with Crippen molar-refractivity contribution in [3.63, 3.8) is 0 Å². The highest BCUT2D eigenvalue weighted by atomic mass is 16.5. The first kappa shape index (κ1) is 3.77. The van der Waals surface area contributed by atoms with Gasteiger partial charge in [0.1, 0.15) is 0 Å². The number of nitrogens with zero attached hydrogens (tertiary/aromatic N) is 3. The van der Waals surface area contributed by atoms with Gasteiger partial charge in [-0.05, 0) is 0 Å². The van der Waals surface area contributed by atoms with E-state index in [-0.39, 0.29) is 0 Å². The molecule has 0 spiro atoms. The van der Waals surface area contributed by atoms with Crippen LogP contribution >= 0.6 is 0 Å². The Kier molecular flexibility index (Phi) is 0.454. The van der Waals surface area contributed by atoms with Crippen LogP contribution in [0.5, 0.6) is 6.01 Å². The number of hydrogen-bond donors (Lipinski definition) is 0. The number of methoxy groups -OCH3 is 1. The van der Waals surface area contributed by atoms with Gasteiger partial charge in [0.05, 0.1) is 7.11 Å². The lowest BCUT2D eigenvalue weighted by atomic mass is 10.8. The number of rotatable bonds is 1. The molecule has 8 heavy (non-hydrogen) atoms. The third-order valence-corrected chi connectivity index (χ3v) is 0.947. The molecule has 0 saturated carbocycles. The average molecular weight is 109 g/mol. The van der Waals surface area contributed by atoms with Gasteiger partial charge in [0.15, 0.2) is 0 Å². The first-order chi connectivity index (χ1) is 3.90. The van der Waals surface area contributed by atoms with E-state index in [9.17, 15) is 0 Å². The highest BCUT2D eigenvalue weighted by molar-refractivity contribution is 5.57. The van der Waals surface area contributed by atoms with E-state index < -0.39 is 0 Å². The lowest BCUT2D eigenvalue weighted by Crippen LogP contribution is -1.83. The molecule has 2 heterocycles. The minimum absolute atomic E-state index is 0.421. The molecule has 0 aromatic carbocycles. The standard InChI is InChI=1S/C4H3N3O/c1-8-4-6-2-3(5-2)7-4/h1H3. The zero-order chi connectivity index (χ0) is 5.56. The second-order valence-electron chi connectivity index (χ2n) is 1.47. The zero-order valence-electron chi connectivity index (χ0n) is 4.25. The Balaban J connectivity index is 2.45. The minimum atomic E-state index is 0.421. The fraction of sp³-hybridized carbons (Fsp3) is 0.250. The molecule has 4 heteroatoms. The normalized spacial score (nSPS) is 11.1. The van der Waals surface area contributed by atoms with Gasteiger partial charge in [0.25, 0.3) is 0 Å². The second-order valence-corrected chi connectivity index (χ2v) is 1.47. The van der Waals surface area contributed by atoms with Crippen molar-refractivity contribution in [3.8, 4) is 17.7 Å². The van der Waals surface area contributed by atoms with Crippen LogP contribution in [-0.2, 0) is 0 Å². The van der Waals surface area contributed by atoms with Crippen molar-refractivity contribution in [1.29, 1.82) is 0 Å². The van der Waals surface area contributed by atoms with Gasteiger partial charge in [-0.15, -0.1) is 0 Å². The Hall–Kier alpha value is -1.19. The van der Waals surface area contributed by atoms with Crippen LogP contribution in [0.3, 0.4) is 0 Å². The lowest BCUT2D eigenvalue weighted by Gasteiger charge is -1.84. The van der Waals surface area contributed by atoms with E-state index >= 15 is 0 Å². The summed E-state index contributed by atoms with van der Waals surface area (Å²) >= 11 is 0. The molecule has 0 N–H and O–H groups in total. The molecule has 0 aromatic rings. The molecule has 0 atom stereocenters. The average Bonchev–Trinajstić information content (AvgIpc) is 2.40. The molecule has 40 valence electrons. The third kappa shape index (κ3) is 0.318. The summed E-state index contributed by atoms with van der Waals surface area (Å²) in [5.74, 6) is 1.45. The van der Waals surface area contributed by atoms with Crippen molar-refractivity contribution >= 4 is 0 Å². The Morgan fingerprint density at radius 1 is 1.12 bits per heavy atom. The topological polar surface area (TPSA) is 47.9 Å². The molecule has 0 amide bonds. The van der Waals surface area contributed by atoms with E-state index in [1.165, 1.54) is 7.11 Å². The third-order valence-electron chi connectivity index (χ3n) is 0.947. The monoisotopic (exact) mass is 109 g/mol. The number of hydrogen-bond acceptors (Lipinski definition) is 4. The van der Waals surface area contributed by atoms with Crippen molar-refractivity contribution in [2.24, 2.45) is 0 Å². The quantitative estimate of drug-likeness (QED) is 0.511. The van der Waals surface area contributed by atoms with Crippen LogP contribution in [0, 0.1) is 0 Å². The second kappa shape index (κ2) is 0.964. The van der Waals surface area contributed by atoms with Gasteiger partial charge in [-0.3, -0.25) is 0 Å². The summed E-state index contributed by atoms with van der Waals surface area (Å²) in [4.78, 5) is 11.4. The van der Waals surface area contributed by atoms with Gasteiger partial charge >= 0.3 is 6.01 Å². The summed E-state index contributed by atoms with van der Waals surface area (Å²) in [7, 11) is 1.54. The van der Waals surface area contributed by atoms with Crippen LogP contribution in [-0.4, -0.2) is 22.1 Å². The fourth-order valence-electron chi connectivity index (χ4n) is 0.520. The maximum Gasteiger partial charge on any atom is 0.320 e. The molecule has 0 fully saturated rings. The number of fused-ring (bicyclic) bond motifs is 1. The first-order valence-electron chi connectivity index (χ1n) is 2.20. The van der Waals surface area contributed by atoms with Gasteiger partial charge in [-0.25, -0.2) is 4.98 Å². The molecule has 2 aliphatic rings. The Morgan fingerprint density at radius 2 is 1.75 bits per heavy atom. The predicted molar refractivity (Wildman–Crippen MR) is 25.4 cm³/mol. The summed E-state index contributed by atoms with van der Waals surface area (Å²) in [5.41, 5.74) is 0. The molecule has 2 rings (SSSR count). The fourth-order valence-corrected chi connectivity index (χ4v) is 0.520. The van der Waals surface area contributed by atoms with Crippen molar-refractivity contribution in [3.05, 3.63) is 0 Å². The van der Waals surface area contributed by atoms with Gasteiger partial charge in [0, 0.05) is 0 Å². The predicted octanol–water partition coefficient (Wildman–Crippen LogP) is -0.139. The smallest absolute Gasteiger partial charge is 0.320 e. The summed E-state index contributed by atoms with van der Waals surface area (Å²) in [5, 5.41) is 0. The van der Waals surface area contributed by atoms with Crippen LogP contribution in [0.4, 0.5) is 0 Å². The maximum absolute atomic E-state index is 4.69. The summed E-state index contributed by atoms with van der Waals surface area (Å²) in [6.07, 6.45) is 0. The van der Waals surface area contributed by atoms with E-state index in [0.717, 1.165) is 11.6 Å². The van der Waals surface area contributed by atoms with Crippen LogP contribution < -0.4 is 4.74 Å².